The minimum absolute atomic E-state index is 0.194. The number of aryl methyl sites for hydroxylation is 1. The van der Waals surface area contributed by atoms with Crippen molar-refractivity contribution in [1.29, 1.82) is 0 Å². The van der Waals surface area contributed by atoms with Gasteiger partial charge in [-0.2, -0.15) is 0 Å². The predicted octanol–water partition coefficient (Wildman–Crippen LogP) is 4.56. The number of hydrogen-bond donors (Lipinski definition) is 0. The van der Waals surface area contributed by atoms with Crippen LogP contribution in [-0.2, 0) is 12.8 Å². The summed E-state index contributed by atoms with van der Waals surface area (Å²) in [6.45, 7) is 2.05. The molecular weight excluding hydrogens is 397 g/mol. The Morgan fingerprint density at radius 2 is 2.00 bits per heavy atom. The molecule has 0 atom stereocenters. The van der Waals surface area contributed by atoms with Gasteiger partial charge in [0.05, 0.1) is 9.26 Å². The molecule has 0 N–H and O–H groups in total. The number of halogens is 4. The monoisotopic (exact) mass is 408 g/mol. The molecule has 0 bridgehead atoms. The smallest absolute Gasteiger partial charge is 0.146 e. The summed E-state index contributed by atoms with van der Waals surface area (Å²) in [5.41, 5.74) is 1.22. The van der Waals surface area contributed by atoms with Gasteiger partial charge in [-0.25, -0.2) is 18.7 Å². The number of aromatic nitrogens is 2. The highest BCUT2D eigenvalue weighted by Gasteiger charge is 2.12. The maximum Gasteiger partial charge on any atom is 0.146 e. The van der Waals surface area contributed by atoms with Crippen LogP contribution in [0.25, 0.3) is 0 Å². The van der Waals surface area contributed by atoms with E-state index in [4.69, 9.17) is 11.6 Å². The van der Waals surface area contributed by atoms with Crippen LogP contribution in [0, 0.1) is 15.2 Å². The molecule has 2 nitrogen and oxygen atoms in total. The maximum absolute atomic E-state index is 13.6. The van der Waals surface area contributed by atoms with E-state index in [2.05, 4.69) is 32.6 Å². The second-order valence-corrected chi connectivity index (χ2v) is 5.79. The summed E-state index contributed by atoms with van der Waals surface area (Å²) in [6.07, 6.45) is 1.92. The highest BCUT2D eigenvalue weighted by molar-refractivity contribution is 14.1. The Bertz CT molecular complexity index is 635. The van der Waals surface area contributed by atoms with Crippen molar-refractivity contribution in [3.8, 4) is 0 Å². The largest absolute Gasteiger partial charge is 0.236 e. The van der Waals surface area contributed by atoms with E-state index in [1.807, 2.05) is 6.92 Å². The summed E-state index contributed by atoms with van der Waals surface area (Å²) < 4.78 is 27.3. The summed E-state index contributed by atoms with van der Waals surface area (Å²) in [6, 6.07) is 3.48. The summed E-state index contributed by atoms with van der Waals surface area (Å²) >= 11 is 8.18. The van der Waals surface area contributed by atoms with Gasteiger partial charge in [0, 0.05) is 12.5 Å². The van der Waals surface area contributed by atoms with Crippen LogP contribution in [0.2, 0.25) is 5.15 Å². The van der Waals surface area contributed by atoms with Crippen LogP contribution in [0.3, 0.4) is 0 Å². The lowest BCUT2D eigenvalue weighted by Crippen LogP contribution is -2.05. The minimum Gasteiger partial charge on any atom is -0.236 e. The van der Waals surface area contributed by atoms with Gasteiger partial charge in [-0.1, -0.05) is 31.0 Å². The third kappa shape index (κ3) is 3.63. The highest BCUT2D eigenvalue weighted by Crippen LogP contribution is 2.22. The first-order valence-corrected chi connectivity index (χ1v) is 7.61. The Morgan fingerprint density at radius 1 is 1.25 bits per heavy atom. The normalized spacial score (nSPS) is 10.8. The van der Waals surface area contributed by atoms with E-state index < -0.39 is 11.6 Å². The fraction of sp³-hybridized carbons (Fsp3) is 0.286. The van der Waals surface area contributed by atoms with Crippen molar-refractivity contribution in [1.82, 2.24) is 9.97 Å². The highest BCUT2D eigenvalue weighted by atomic mass is 127. The van der Waals surface area contributed by atoms with Gasteiger partial charge in [0.2, 0.25) is 0 Å². The van der Waals surface area contributed by atoms with Crippen molar-refractivity contribution >= 4 is 34.2 Å². The Labute approximate surface area is 134 Å². The van der Waals surface area contributed by atoms with Crippen molar-refractivity contribution in [2.24, 2.45) is 0 Å². The van der Waals surface area contributed by atoms with Crippen molar-refractivity contribution in [3.63, 3.8) is 0 Å². The average molecular weight is 409 g/mol. The van der Waals surface area contributed by atoms with Crippen molar-refractivity contribution < 1.29 is 8.78 Å². The zero-order chi connectivity index (χ0) is 14.7. The lowest BCUT2D eigenvalue weighted by molar-refractivity contribution is 0.573. The van der Waals surface area contributed by atoms with E-state index in [0.717, 1.165) is 28.2 Å². The molecule has 0 radical (unpaired) electrons. The van der Waals surface area contributed by atoms with E-state index in [9.17, 15) is 8.78 Å². The zero-order valence-electron chi connectivity index (χ0n) is 10.8. The van der Waals surface area contributed by atoms with Crippen molar-refractivity contribution in [2.45, 2.75) is 26.2 Å². The van der Waals surface area contributed by atoms with Crippen LogP contribution in [-0.4, -0.2) is 9.97 Å². The van der Waals surface area contributed by atoms with E-state index in [0.29, 0.717) is 16.5 Å². The molecule has 0 fully saturated rings. The molecule has 0 spiro atoms. The topological polar surface area (TPSA) is 25.8 Å². The molecule has 20 heavy (non-hydrogen) atoms. The lowest BCUT2D eigenvalue weighted by atomic mass is 10.1. The van der Waals surface area contributed by atoms with Crippen LogP contribution in [0.15, 0.2) is 18.2 Å². The van der Waals surface area contributed by atoms with Gasteiger partial charge in [0.15, 0.2) is 0 Å². The van der Waals surface area contributed by atoms with Gasteiger partial charge in [0.1, 0.15) is 22.6 Å². The van der Waals surface area contributed by atoms with E-state index in [1.54, 1.807) is 0 Å². The van der Waals surface area contributed by atoms with Crippen molar-refractivity contribution in [2.75, 3.05) is 0 Å². The molecule has 2 rings (SSSR count). The van der Waals surface area contributed by atoms with Gasteiger partial charge in [-0.15, -0.1) is 0 Å². The second-order valence-electron chi connectivity index (χ2n) is 4.35. The lowest BCUT2D eigenvalue weighted by Gasteiger charge is -2.08. The molecule has 1 aromatic carbocycles. The van der Waals surface area contributed by atoms with Gasteiger partial charge in [-0.3, -0.25) is 0 Å². The van der Waals surface area contributed by atoms with Crippen LogP contribution >= 0.6 is 34.2 Å². The molecule has 6 heteroatoms. The standard InChI is InChI=1S/C14H12ClF2IN2/c1-2-3-11-13(18)14(15)20-12(19-11)6-8-4-5-9(16)7-10(8)17/h4-5,7H,2-3,6H2,1H3. The summed E-state index contributed by atoms with van der Waals surface area (Å²) in [5.74, 6) is -0.746. The molecule has 106 valence electrons. The quantitative estimate of drug-likeness (QED) is 0.548. The summed E-state index contributed by atoms with van der Waals surface area (Å²) in [7, 11) is 0. The molecule has 2 aromatic rings. The Morgan fingerprint density at radius 3 is 2.65 bits per heavy atom. The molecule has 0 aliphatic heterocycles. The first-order valence-electron chi connectivity index (χ1n) is 6.16. The number of rotatable bonds is 4. The van der Waals surface area contributed by atoms with E-state index >= 15 is 0 Å². The average Bonchev–Trinajstić information content (AvgIpc) is 2.39. The van der Waals surface area contributed by atoms with Gasteiger partial charge >= 0.3 is 0 Å². The fourth-order valence-corrected chi connectivity index (χ4v) is 2.55. The fourth-order valence-electron chi connectivity index (χ4n) is 1.83. The van der Waals surface area contributed by atoms with Gasteiger partial charge < -0.3 is 0 Å². The first kappa shape index (κ1) is 15.6. The van der Waals surface area contributed by atoms with Crippen LogP contribution in [0.1, 0.15) is 30.4 Å². The predicted molar refractivity (Wildman–Crippen MR) is 82.9 cm³/mol. The number of hydrogen-bond acceptors (Lipinski definition) is 2. The maximum atomic E-state index is 13.6. The number of benzene rings is 1. The van der Waals surface area contributed by atoms with Gasteiger partial charge in [-0.05, 0) is 40.6 Å². The Hall–Kier alpha value is -0.820. The van der Waals surface area contributed by atoms with Crippen LogP contribution < -0.4 is 0 Å². The Kier molecular flexibility index (Phi) is 5.26. The third-order valence-electron chi connectivity index (χ3n) is 2.78. The molecule has 0 amide bonds. The van der Waals surface area contributed by atoms with Crippen LogP contribution in [0.4, 0.5) is 8.78 Å². The number of nitrogens with zero attached hydrogens (tertiary/aromatic N) is 2. The van der Waals surface area contributed by atoms with E-state index in [1.165, 1.54) is 12.1 Å². The molecule has 0 saturated carbocycles. The summed E-state index contributed by atoms with van der Waals surface area (Å²) in [5, 5.41) is 0.376. The third-order valence-corrected chi connectivity index (χ3v) is 4.50. The zero-order valence-corrected chi connectivity index (χ0v) is 13.7. The molecule has 0 unspecified atom stereocenters. The van der Waals surface area contributed by atoms with Crippen molar-refractivity contribution in [3.05, 3.63) is 55.6 Å². The molecule has 0 saturated heterocycles. The summed E-state index contributed by atoms with van der Waals surface area (Å²) in [4.78, 5) is 8.58. The molecule has 0 aliphatic carbocycles. The molecular formula is C14H12ClF2IN2. The molecule has 1 aromatic heterocycles. The SMILES string of the molecule is CCCc1nc(Cc2ccc(F)cc2F)nc(Cl)c1I. The molecule has 1 heterocycles. The molecule has 0 aliphatic rings. The van der Waals surface area contributed by atoms with Gasteiger partial charge in [0.25, 0.3) is 0 Å². The van der Waals surface area contributed by atoms with E-state index in [-0.39, 0.29) is 6.42 Å². The Balaban J connectivity index is 2.33. The minimum atomic E-state index is -0.598. The van der Waals surface area contributed by atoms with Crippen LogP contribution in [0.5, 0.6) is 0 Å². The second kappa shape index (κ2) is 6.76. The first-order chi connectivity index (χ1) is 9.51.